The largest absolute Gasteiger partial charge is 0.477 e. The van der Waals surface area contributed by atoms with E-state index in [9.17, 15) is 18.0 Å². The zero-order valence-electron chi connectivity index (χ0n) is 10.5. The summed E-state index contributed by atoms with van der Waals surface area (Å²) in [6, 6.07) is 4.06. The van der Waals surface area contributed by atoms with Gasteiger partial charge in [0.2, 0.25) is 0 Å². The topological polar surface area (TPSA) is 105 Å². The van der Waals surface area contributed by atoms with Crippen molar-refractivity contribution < 1.29 is 23.1 Å². The van der Waals surface area contributed by atoms with E-state index in [-0.39, 0.29) is 23.7 Å². The summed E-state index contributed by atoms with van der Waals surface area (Å²) in [6.45, 7) is 0.0245. The lowest BCUT2D eigenvalue weighted by Gasteiger charge is -2.16. The Morgan fingerprint density at radius 2 is 1.89 bits per heavy atom. The molecule has 0 bridgehead atoms. The highest BCUT2D eigenvalue weighted by Crippen LogP contribution is 2.03. The van der Waals surface area contributed by atoms with Gasteiger partial charge in [-0.2, -0.15) is 0 Å². The summed E-state index contributed by atoms with van der Waals surface area (Å²) in [5, 5.41) is 8.77. The molecule has 1 aromatic rings. The number of aromatic nitrogens is 1. The fourth-order valence-electron chi connectivity index (χ4n) is 1.27. The van der Waals surface area contributed by atoms with Crippen LogP contribution in [0.3, 0.4) is 0 Å². The monoisotopic (exact) mass is 286 g/mol. The lowest BCUT2D eigenvalue weighted by atomic mass is 10.3. The molecule has 0 atom stereocenters. The number of carboxylic acids is 1. The Kier molecular flexibility index (Phi) is 4.60. The number of sulfone groups is 1. The maximum absolute atomic E-state index is 11.9. The van der Waals surface area contributed by atoms with Gasteiger partial charge in [0.15, 0.2) is 0 Å². The standard InChI is InChI=1S/C11H14N2O5S/c1-13(6-7-19(2,17)18)10(14)8-4-3-5-9(12-8)11(15)16/h3-5H,6-7H2,1-2H3,(H,15,16). The molecule has 0 saturated heterocycles. The van der Waals surface area contributed by atoms with Crippen LogP contribution in [0.2, 0.25) is 0 Å². The number of hydrogen-bond donors (Lipinski definition) is 1. The number of carbonyl (C=O) groups excluding carboxylic acids is 1. The number of pyridine rings is 1. The minimum absolute atomic E-state index is 0.0245. The van der Waals surface area contributed by atoms with Crippen LogP contribution >= 0.6 is 0 Å². The third-order valence-electron chi connectivity index (χ3n) is 2.33. The van der Waals surface area contributed by atoms with E-state index in [1.54, 1.807) is 0 Å². The van der Waals surface area contributed by atoms with Crippen molar-refractivity contribution in [2.24, 2.45) is 0 Å². The third-order valence-corrected chi connectivity index (χ3v) is 3.26. The summed E-state index contributed by atoms with van der Waals surface area (Å²) in [5.41, 5.74) is -0.265. The Balaban J connectivity index is 2.82. The van der Waals surface area contributed by atoms with E-state index >= 15 is 0 Å². The van der Waals surface area contributed by atoms with E-state index in [0.29, 0.717) is 0 Å². The van der Waals surface area contributed by atoms with E-state index < -0.39 is 21.7 Å². The van der Waals surface area contributed by atoms with Gasteiger partial charge in [-0.1, -0.05) is 6.07 Å². The second kappa shape index (κ2) is 5.79. The maximum atomic E-state index is 11.9. The first kappa shape index (κ1) is 15.1. The number of rotatable bonds is 5. The summed E-state index contributed by atoms with van der Waals surface area (Å²) in [6.07, 6.45) is 1.08. The normalized spacial score (nSPS) is 11.1. The maximum Gasteiger partial charge on any atom is 0.354 e. The van der Waals surface area contributed by atoms with Crippen LogP contribution in [0.25, 0.3) is 0 Å². The fraction of sp³-hybridized carbons (Fsp3) is 0.364. The molecule has 7 nitrogen and oxygen atoms in total. The second-order valence-corrected chi connectivity index (χ2v) is 6.33. The molecule has 8 heteroatoms. The van der Waals surface area contributed by atoms with Gasteiger partial charge in [-0.15, -0.1) is 0 Å². The Bertz CT molecular complexity index is 597. The Morgan fingerprint density at radius 3 is 2.42 bits per heavy atom. The van der Waals surface area contributed by atoms with Gasteiger partial charge in [-0.3, -0.25) is 4.79 Å². The van der Waals surface area contributed by atoms with Crippen LogP contribution < -0.4 is 0 Å². The quantitative estimate of drug-likeness (QED) is 0.810. The molecular formula is C11H14N2O5S. The second-order valence-electron chi connectivity index (χ2n) is 4.07. The van der Waals surface area contributed by atoms with Crippen molar-refractivity contribution in [1.29, 1.82) is 0 Å². The zero-order chi connectivity index (χ0) is 14.6. The van der Waals surface area contributed by atoms with E-state index in [0.717, 1.165) is 6.26 Å². The highest BCUT2D eigenvalue weighted by Gasteiger charge is 2.16. The predicted molar refractivity (Wildman–Crippen MR) is 67.9 cm³/mol. The lowest BCUT2D eigenvalue weighted by Crippen LogP contribution is -2.32. The molecule has 0 radical (unpaired) electrons. The van der Waals surface area contributed by atoms with Gasteiger partial charge in [0.1, 0.15) is 21.2 Å². The summed E-state index contributed by atoms with van der Waals surface area (Å²) in [4.78, 5) is 27.5. The van der Waals surface area contributed by atoms with Crippen LogP contribution in [-0.2, 0) is 9.84 Å². The predicted octanol–water partition coefficient (Wildman–Crippen LogP) is -0.104. The Labute approximate surface area is 110 Å². The van der Waals surface area contributed by atoms with Crippen molar-refractivity contribution in [2.45, 2.75) is 0 Å². The Morgan fingerprint density at radius 1 is 1.32 bits per heavy atom. The number of hydrogen-bond acceptors (Lipinski definition) is 5. The highest BCUT2D eigenvalue weighted by molar-refractivity contribution is 7.90. The van der Waals surface area contributed by atoms with Gasteiger partial charge in [0.05, 0.1) is 5.75 Å². The lowest BCUT2D eigenvalue weighted by molar-refractivity contribution is 0.0690. The minimum Gasteiger partial charge on any atom is -0.477 e. The molecular weight excluding hydrogens is 272 g/mol. The van der Waals surface area contributed by atoms with E-state index in [1.165, 1.54) is 30.1 Å². The summed E-state index contributed by atoms with van der Waals surface area (Å²) >= 11 is 0. The SMILES string of the molecule is CN(CCS(C)(=O)=O)C(=O)c1cccc(C(=O)O)n1. The summed E-state index contributed by atoms with van der Waals surface area (Å²) in [7, 11) is -1.73. The van der Waals surface area contributed by atoms with Crippen molar-refractivity contribution in [1.82, 2.24) is 9.88 Å². The first-order chi connectivity index (χ1) is 8.70. The molecule has 1 rings (SSSR count). The third kappa shape index (κ3) is 4.66. The summed E-state index contributed by atoms with van der Waals surface area (Å²) < 4.78 is 22.0. The van der Waals surface area contributed by atoms with Crippen molar-refractivity contribution >= 4 is 21.7 Å². The molecule has 104 valence electrons. The van der Waals surface area contributed by atoms with Crippen LogP contribution in [0.1, 0.15) is 21.0 Å². The highest BCUT2D eigenvalue weighted by atomic mass is 32.2. The van der Waals surface area contributed by atoms with Gasteiger partial charge in [0.25, 0.3) is 5.91 Å². The van der Waals surface area contributed by atoms with Gasteiger partial charge in [0, 0.05) is 19.8 Å². The number of carbonyl (C=O) groups is 2. The molecule has 1 heterocycles. The van der Waals surface area contributed by atoms with Crippen LogP contribution in [0, 0.1) is 0 Å². The van der Waals surface area contributed by atoms with E-state index in [1.807, 2.05) is 0 Å². The smallest absolute Gasteiger partial charge is 0.354 e. The van der Waals surface area contributed by atoms with Crippen molar-refractivity contribution in [3.8, 4) is 0 Å². The molecule has 1 N–H and O–H groups in total. The van der Waals surface area contributed by atoms with Crippen LogP contribution in [0.15, 0.2) is 18.2 Å². The molecule has 0 spiro atoms. The number of amides is 1. The molecule has 0 fully saturated rings. The average molecular weight is 286 g/mol. The molecule has 0 aliphatic rings. The first-order valence-corrected chi connectivity index (χ1v) is 7.40. The molecule has 0 unspecified atom stereocenters. The van der Waals surface area contributed by atoms with Crippen molar-refractivity contribution in [3.05, 3.63) is 29.6 Å². The van der Waals surface area contributed by atoms with Crippen molar-refractivity contribution in [3.63, 3.8) is 0 Å². The van der Waals surface area contributed by atoms with Gasteiger partial charge >= 0.3 is 5.97 Å². The number of aromatic carboxylic acids is 1. The number of nitrogens with zero attached hydrogens (tertiary/aromatic N) is 2. The van der Waals surface area contributed by atoms with E-state index in [4.69, 9.17) is 5.11 Å². The van der Waals surface area contributed by atoms with Crippen LogP contribution in [0.5, 0.6) is 0 Å². The molecule has 0 aliphatic heterocycles. The molecule has 1 aromatic heterocycles. The number of carboxylic acid groups (broad SMARTS) is 1. The van der Waals surface area contributed by atoms with Gasteiger partial charge in [-0.25, -0.2) is 18.2 Å². The van der Waals surface area contributed by atoms with E-state index in [2.05, 4.69) is 4.98 Å². The molecule has 0 aliphatic carbocycles. The van der Waals surface area contributed by atoms with Crippen molar-refractivity contribution in [2.75, 3.05) is 25.6 Å². The minimum atomic E-state index is -3.16. The van der Waals surface area contributed by atoms with Crippen LogP contribution in [0.4, 0.5) is 0 Å². The van der Waals surface area contributed by atoms with Gasteiger partial charge in [-0.05, 0) is 12.1 Å². The molecule has 0 saturated carbocycles. The van der Waals surface area contributed by atoms with Crippen LogP contribution in [-0.4, -0.2) is 60.9 Å². The molecule has 0 aromatic carbocycles. The van der Waals surface area contributed by atoms with Gasteiger partial charge < -0.3 is 10.0 Å². The molecule has 19 heavy (non-hydrogen) atoms. The Hall–Kier alpha value is -1.96. The fourth-order valence-corrected chi connectivity index (χ4v) is 1.88. The average Bonchev–Trinajstić information content (AvgIpc) is 2.34. The molecule has 1 amide bonds. The first-order valence-electron chi connectivity index (χ1n) is 5.34. The zero-order valence-corrected chi connectivity index (χ0v) is 11.3. The summed E-state index contributed by atoms with van der Waals surface area (Å²) in [5.74, 6) is -1.91.